The van der Waals surface area contributed by atoms with Gasteiger partial charge < -0.3 is 4.90 Å². The Morgan fingerprint density at radius 1 is 0.970 bits per heavy atom. The van der Waals surface area contributed by atoms with Gasteiger partial charge in [0.1, 0.15) is 4.90 Å². The third-order valence-electron chi connectivity index (χ3n) is 5.44. The van der Waals surface area contributed by atoms with Crippen molar-refractivity contribution in [3.63, 3.8) is 0 Å². The molecular weight excluding hydrogens is 442 g/mol. The third kappa shape index (κ3) is 3.54. The Morgan fingerprint density at radius 2 is 1.73 bits per heavy atom. The van der Waals surface area contributed by atoms with Crippen molar-refractivity contribution in [1.82, 2.24) is 20.1 Å². The predicted molar refractivity (Wildman–Crippen MR) is 123 cm³/mol. The van der Waals surface area contributed by atoms with E-state index in [-0.39, 0.29) is 20.9 Å². The Balaban J connectivity index is 1.59. The van der Waals surface area contributed by atoms with Gasteiger partial charge in [-0.15, -0.1) is 0 Å². The Labute approximate surface area is 188 Å². The summed E-state index contributed by atoms with van der Waals surface area (Å²) in [7, 11) is -0.323. The zero-order valence-corrected chi connectivity index (χ0v) is 18.7. The molecule has 33 heavy (non-hydrogen) atoms. The maximum absolute atomic E-state index is 13.4. The van der Waals surface area contributed by atoms with Crippen LogP contribution in [0.15, 0.2) is 86.1 Å². The number of sulfone groups is 1. The molecule has 0 N–H and O–H groups in total. The third-order valence-corrected chi connectivity index (χ3v) is 7.22. The van der Waals surface area contributed by atoms with Crippen LogP contribution in [-0.2, 0) is 16.4 Å². The lowest BCUT2D eigenvalue weighted by Crippen LogP contribution is -2.23. The van der Waals surface area contributed by atoms with Crippen molar-refractivity contribution in [3.8, 4) is 0 Å². The number of fused-ring (bicyclic) bond motifs is 2. The maximum atomic E-state index is 13.4. The number of anilines is 1. The summed E-state index contributed by atoms with van der Waals surface area (Å²) in [5, 5.41) is 12.7. The predicted octanol–water partition coefficient (Wildman–Crippen LogP) is 2.88. The molecule has 5 aromatic rings. The highest BCUT2D eigenvalue weighted by Gasteiger charge is 2.25. The molecule has 3 aromatic carbocycles. The first-order chi connectivity index (χ1) is 15.9. The van der Waals surface area contributed by atoms with Crippen LogP contribution in [0.4, 0.5) is 5.69 Å². The minimum absolute atomic E-state index is 0.0194. The Morgan fingerprint density at radius 3 is 2.48 bits per heavy atom. The standard InChI is InChI=1S/C23H19N5O4S/c1-27(2)19-10-11-20(22-21(19)25-32-26-22)33(30,31)17-8-9-18-16(12-17)13-24-28(23(18)29)14-15-6-4-3-5-7-15/h3-13H,14H2,1-2H3. The molecule has 0 unspecified atom stereocenters. The molecule has 0 fully saturated rings. The molecule has 10 heteroatoms. The van der Waals surface area contributed by atoms with Gasteiger partial charge in [-0.3, -0.25) is 4.79 Å². The van der Waals surface area contributed by atoms with E-state index in [9.17, 15) is 13.2 Å². The molecular formula is C23H19N5O4S. The largest absolute Gasteiger partial charge is 0.376 e. The maximum Gasteiger partial charge on any atom is 0.274 e. The molecule has 2 heterocycles. The molecule has 5 rings (SSSR count). The van der Waals surface area contributed by atoms with Crippen molar-refractivity contribution in [2.24, 2.45) is 0 Å². The van der Waals surface area contributed by atoms with Crippen LogP contribution in [0.25, 0.3) is 21.8 Å². The molecule has 9 nitrogen and oxygen atoms in total. The van der Waals surface area contributed by atoms with Crippen molar-refractivity contribution < 1.29 is 13.0 Å². The van der Waals surface area contributed by atoms with E-state index in [1.54, 1.807) is 11.0 Å². The van der Waals surface area contributed by atoms with Gasteiger partial charge in [-0.2, -0.15) is 5.10 Å². The van der Waals surface area contributed by atoms with Crippen LogP contribution in [0.1, 0.15) is 5.56 Å². The van der Waals surface area contributed by atoms with Crippen molar-refractivity contribution in [1.29, 1.82) is 0 Å². The fourth-order valence-corrected chi connectivity index (χ4v) is 5.16. The van der Waals surface area contributed by atoms with Crippen LogP contribution in [0, 0.1) is 0 Å². The smallest absolute Gasteiger partial charge is 0.274 e. The normalized spacial score (nSPS) is 11.8. The number of benzene rings is 3. The molecule has 0 saturated carbocycles. The molecule has 0 bridgehead atoms. The average Bonchev–Trinajstić information content (AvgIpc) is 3.30. The lowest BCUT2D eigenvalue weighted by atomic mass is 10.2. The summed E-state index contributed by atoms with van der Waals surface area (Å²) in [5.41, 5.74) is 1.84. The van der Waals surface area contributed by atoms with Gasteiger partial charge in [0.2, 0.25) is 9.84 Å². The van der Waals surface area contributed by atoms with E-state index in [1.807, 2.05) is 44.4 Å². The SMILES string of the molecule is CN(C)c1ccc(S(=O)(=O)c2ccc3c(=O)n(Cc4ccccc4)ncc3c2)c2nonc12. The Kier molecular flexibility index (Phi) is 4.94. The second kappa shape index (κ2) is 7.82. The van der Waals surface area contributed by atoms with E-state index in [4.69, 9.17) is 4.63 Å². The Hall–Kier alpha value is -4.05. The minimum atomic E-state index is -3.96. The monoisotopic (exact) mass is 461 g/mol. The van der Waals surface area contributed by atoms with Crippen LogP contribution >= 0.6 is 0 Å². The van der Waals surface area contributed by atoms with E-state index in [0.717, 1.165) is 5.56 Å². The molecule has 0 aliphatic rings. The summed E-state index contributed by atoms with van der Waals surface area (Å²) in [6, 6.07) is 17.0. The van der Waals surface area contributed by atoms with Gasteiger partial charge in [0.15, 0.2) is 11.0 Å². The molecule has 166 valence electrons. The van der Waals surface area contributed by atoms with E-state index in [1.165, 1.54) is 35.1 Å². The molecule has 0 aliphatic carbocycles. The van der Waals surface area contributed by atoms with Crippen molar-refractivity contribution >= 4 is 37.3 Å². The highest BCUT2D eigenvalue weighted by atomic mass is 32.2. The fraction of sp³-hybridized carbons (Fsp3) is 0.130. The molecule has 2 aromatic heterocycles. The van der Waals surface area contributed by atoms with E-state index in [2.05, 4.69) is 15.4 Å². The van der Waals surface area contributed by atoms with Crippen molar-refractivity contribution in [2.45, 2.75) is 16.3 Å². The van der Waals surface area contributed by atoms with Gasteiger partial charge in [0.25, 0.3) is 5.56 Å². The highest BCUT2D eigenvalue weighted by Crippen LogP contribution is 2.32. The first-order valence-electron chi connectivity index (χ1n) is 10.1. The van der Waals surface area contributed by atoms with E-state index in [0.29, 0.717) is 28.5 Å². The molecule has 0 amide bonds. The molecule has 0 atom stereocenters. The number of hydrogen-bond acceptors (Lipinski definition) is 8. The van der Waals surface area contributed by atoms with Gasteiger partial charge in [-0.05, 0) is 46.2 Å². The lowest BCUT2D eigenvalue weighted by Gasteiger charge is -2.13. The Bertz CT molecular complexity index is 1660. The van der Waals surface area contributed by atoms with Gasteiger partial charge in [-0.25, -0.2) is 17.7 Å². The summed E-state index contributed by atoms with van der Waals surface area (Å²) in [6.07, 6.45) is 1.50. The van der Waals surface area contributed by atoms with Crippen molar-refractivity contribution in [3.05, 3.63) is 82.8 Å². The van der Waals surface area contributed by atoms with Gasteiger partial charge in [0.05, 0.1) is 28.7 Å². The van der Waals surface area contributed by atoms with Crippen LogP contribution in [0.2, 0.25) is 0 Å². The molecule has 0 spiro atoms. The zero-order chi connectivity index (χ0) is 23.2. The number of nitrogens with zero attached hydrogens (tertiary/aromatic N) is 5. The highest BCUT2D eigenvalue weighted by molar-refractivity contribution is 7.91. The van der Waals surface area contributed by atoms with Crippen molar-refractivity contribution in [2.75, 3.05) is 19.0 Å². The number of hydrogen-bond donors (Lipinski definition) is 0. The quantitative estimate of drug-likeness (QED) is 0.393. The molecule has 0 saturated heterocycles. The second-order valence-electron chi connectivity index (χ2n) is 7.78. The van der Waals surface area contributed by atoms with Crippen LogP contribution in [0.3, 0.4) is 0 Å². The van der Waals surface area contributed by atoms with E-state index >= 15 is 0 Å². The molecule has 0 radical (unpaired) electrons. The summed E-state index contributed by atoms with van der Waals surface area (Å²) < 4.78 is 33.1. The van der Waals surface area contributed by atoms with E-state index < -0.39 is 9.84 Å². The summed E-state index contributed by atoms with van der Waals surface area (Å²) in [6.45, 7) is 0.324. The zero-order valence-electron chi connectivity index (χ0n) is 17.8. The first-order valence-corrected chi connectivity index (χ1v) is 11.6. The first kappa shape index (κ1) is 20.8. The summed E-state index contributed by atoms with van der Waals surface area (Å²) >= 11 is 0. The number of aromatic nitrogens is 4. The second-order valence-corrected chi connectivity index (χ2v) is 9.70. The van der Waals surface area contributed by atoms with Gasteiger partial charge >= 0.3 is 0 Å². The average molecular weight is 462 g/mol. The van der Waals surface area contributed by atoms with Gasteiger partial charge in [-0.1, -0.05) is 30.3 Å². The fourth-order valence-electron chi connectivity index (χ4n) is 3.74. The lowest BCUT2D eigenvalue weighted by molar-refractivity contribution is 0.315. The van der Waals surface area contributed by atoms with Crippen LogP contribution in [-0.4, -0.2) is 42.6 Å². The van der Waals surface area contributed by atoms with Gasteiger partial charge in [0, 0.05) is 19.5 Å². The summed E-state index contributed by atoms with van der Waals surface area (Å²) in [5.74, 6) is 0. The topological polar surface area (TPSA) is 111 Å². The number of rotatable bonds is 5. The summed E-state index contributed by atoms with van der Waals surface area (Å²) in [4.78, 5) is 14.7. The van der Waals surface area contributed by atoms with Crippen LogP contribution < -0.4 is 10.5 Å². The van der Waals surface area contributed by atoms with Crippen LogP contribution in [0.5, 0.6) is 0 Å². The minimum Gasteiger partial charge on any atom is -0.376 e. The molecule has 0 aliphatic heterocycles.